The number of hydrogen-bond donors (Lipinski definition) is 9. The summed E-state index contributed by atoms with van der Waals surface area (Å²) in [6.45, 7) is -0.556. The summed E-state index contributed by atoms with van der Waals surface area (Å²) in [5.74, 6) is -6.63. The van der Waals surface area contributed by atoms with Crippen LogP contribution in [-0.4, -0.2) is 83.0 Å². The summed E-state index contributed by atoms with van der Waals surface area (Å²) in [6, 6.07) is -4.22. The third-order valence-electron chi connectivity index (χ3n) is 3.77. The lowest BCUT2D eigenvalue weighted by molar-refractivity contribution is -0.143. The van der Waals surface area contributed by atoms with Crippen molar-refractivity contribution in [2.24, 2.45) is 27.9 Å². The molecular weight excluding hydrogens is 432 g/mol. The van der Waals surface area contributed by atoms with Gasteiger partial charge in [-0.2, -0.15) is 0 Å². The Balaban J connectivity index is 5.01. The SMILES string of the molecule is NC(=O)CC(NC(=O)CNC(=O)C(CCCN=C(N)N)NC(=O)C(N)CC(=O)O)C(=O)O. The monoisotopic (exact) mass is 460 g/mol. The fourth-order valence-corrected chi connectivity index (χ4v) is 2.27. The average Bonchev–Trinajstić information content (AvgIpc) is 2.66. The van der Waals surface area contributed by atoms with E-state index in [1.807, 2.05) is 5.32 Å². The van der Waals surface area contributed by atoms with E-state index in [1.165, 1.54) is 0 Å². The highest BCUT2D eigenvalue weighted by Gasteiger charge is 2.26. The second-order valence-electron chi connectivity index (χ2n) is 6.56. The van der Waals surface area contributed by atoms with Crippen LogP contribution in [0.25, 0.3) is 0 Å². The zero-order valence-corrected chi connectivity index (χ0v) is 17.1. The molecule has 32 heavy (non-hydrogen) atoms. The van der Waals surface area contributed by atoms with E-state index in [0.717, 1.165) is 0 Å². The Labute approximate surface area is 182 Å². The molecule has 3 unspecified atom stereocenters. The predicted octanol–water partition coefficient (Wildman–Crippen LogP) is -5.11. The Morgan fingerprint density at radius 3 is 2.00 bits per heavy atom. The van der Waals surface area contributed by atoms with Gasteiger partial charge >= 0.3 is 11.9 Å². The molecule has 180 valence electrons. The minimum Gasteiger partial charge on any atom is -0.481 e. The Morgan fingerprint density at radius 1 is 0.875 bits per heavy atom. The average molecular weight is 460 g/mol. The molecule has 0 fully saturated rings. The highest BCUT2D eigenvalue weighted by atomic mass is 16.4. The normalized spacial score (nSPS) is 13.0. The number of carboxylic acids is 2. The number of primary amides is 1. The molecule has 0 spiro atoms. The molecule has 0 aliphatic heterocycles. The van der Waals surface area contributed by atoms with Crippen LogP contribution >= 0.6 is 0 Å². The second kappa shape index (κ2) is 14.1. The summed E-state index contributed by atoms with van der Waals surface area (Å²) >= 11 is 0. The van der Waals surface area contributed by atoms with Crippen LogP contribution in [0.15, 0.2) is 4.99 Å². The highest BCUT2D eigenvalue weighted by Crippen LogP contribution is 2.01. The van der Waals surface area contributed by atoms with E-state index in [-0.39, 0.29) is 25.3 Å². The first-order chi connectivity index (χ1) is 14.8. The van der Waals surface area contributed by atoms with Crippen molar-refractivity contribution in [1.29, 1.82) is 0 Å². The number of hydrogen-bond acceptors (Lipinski definition) is 8. The standard InChI is InChI=1S/C16H28N8O8/c17-7(4-12(27)28)13(29)24-8(2-1-3-21-16(19)20)14(30)22-6-11(26)23-9(15(31)32)5-10(18)25/h7-9H,1-6,17H2,(H2,18,25)(H,22,30)(H,23,26)(H,24,29)(H,27,28)(H,31,32)(H4,19,20,21). The van der Waals surface area contributed by atoms with Crippen LogP contribution in [0.3, 0.4) is 0 Å². The van der Waals surface area contributed by atoms with Crippen molar-refractivity contribution in [2.75, 3.05) is 13.1 Å². The van der Waals surface area contributed by atoms with E-state index < -0.39 is 73.1 Å². The number of nitrogens with two attached hydrogens (primary N) is 4. The van der Waals surface area contributed by atoms with E-state index in [0.29, 0.717) is 0 Å². The van der Waals surface area contributed by atoms with E-state index >= 15 is 0 Å². The maximum atomic E-state index is 12.4. The number of nitrogens with zero attached hydrogens (tertiary/aromatic N) is 1. The van der Waals surface area contributed by atoms with E-state index in [1.54, 1.807) is 0 Å². The molecule has 13 N–H and O–H groups in total. The van der Waals surface area contributed by atoms with Crippen molar-refractivity contribution in [3.63, 3.8) is 0 Å². The van der Waals surface area contributed by atoms with Gasteiger partial charge in [0.2, 0.25) is 23.6 Å². The molecule has 0 aromatic carbocycles. The number of carbonyl (C=O) groups excluding carboxylic acids is 4. The molecule has 0 aromatic rings. The van der Waals surface area contributed by atoms with Crippen molar-refractivity contribution in [3.8, 4) is 0 Å². The maximum absolute atomic E-state index is 12.4. The fourth-order valence-electron chi connectivity index (χ4n) is 2.27. The summed E-state index contributed by atoms with van der Waals surface area (Å²) in [5, 5.41) is 24.2. The van der Waals surface area contributed by atoms with Crippen LogP contribution in [-0.2, 0) is 28.8 Å². The number of amides is 4. The number of guanidine groups is 1. The second-order valence-corrected chi connectivity index (χ2v) is 6.56. The van der Waals surface area contributed by atoms with Gasteiger partial charge in [-0.15, -0.1) is 0 Å². The van der Waals surface area contributed by atoms with Gasteiger partial charge in [0.25, 0.3) is 0 Å². The maximum Gasteiger partial charge on any atom is 0.326 e. The van der Waals surface area contributed by atoms with Crippen molar-refractivity contribution in [1.82, 2.24) is 16.0 Å². The quantitative estimate of drug-likeness (QED) is 0.0632. The smallest absolute Gasteiger partial charge is 0.326 e. The van der Waals surface area contributed by atoms with Gasteiger partial charge in [0.15, 0.2) is 5.96 Å². The van der Waals surface area contributed by atoms with Crippen LogP contribution in [0.1, 0.15) is 25.7 Å². The number of aliphatic imine (C=N–C) groups is 1. The fraction of sp³-hybridized carbons (Fsp3) is 0.562. The van der Waals surface area contributed by atoms with Gasteiger partial charge in [0.1, 0.15) is 12.1 Å². The van der Waals surface area contributed by atoms with Crippen LogP contribution in [0, 0.1) is 0 Å². The molecular formula is C16H28N8O8. The Bertz CT molecular complexity index is 752. The van der Waals surface area contributed by atoms with Crippen molar-refractivity contribution in [3.05, 3.63) is 0 Å². The van der Waals surface area contributed by atoms with Gasteiger partial charge in [-0.25, -0.2) is 4.79 Å². The first kappa shape index (κ1) is 28.0. The molecule has 0 aliphatic carbocycles. The van der Waals surface area contributed by atoms with Gasteiger partial charge in [-0.3, -0.25) is 29.0 Å². The molecule has 16 heteroatoms. The van der Waals surface area contributed by atoms with Crippen LogP contribution < -0.4 is 38.9 Å². The molecule has 0 aromatic heterocycles. The third-order valence-corrected chi connectivity index (χ3v) is 3.77. The molecule has 0 bridgehead atoms. The van der Waals surface area contributed by atoms with Gasteiger partial charge in [-0.05, 0) is 12.8 Å². The lowest BCUT2D eigenvalue weighted by atomic mass is 10.1. The largest absolute Gasteiger partial charge is 0.481 e. The number of nitrogens with one attached hydrogen (secondary N) is 3. The highest BCUT2D eigenvalue weighted by molar-refractivity contribution is 5.94. The van der Waals surface area contributed by atoms with Gasteiger partial charge < -0.3 is 49.1 Å². The van der Waals surface area contributed by atoms with Gasteiger partial charge in [-0.1, -0.05) is 0 Å². The lowest BCUT2D eigenvalue weighted by Crippen LogP contribution is -2.54. The van der Waals surface area contributed by atoms with E-state index in [4.69, 9.17) is 33.1 Å². The zero-order valence-electron chi connectivity index (χ0n) is 17.1. The van der Waals surface area contributed by atoms with Crippen LogP contribution in [0.2, 0.25) is 0 Å². The summed E-state index contributed by atoms with van der Waals surface area (Å²) in [6.07, 6.45) is -1.08. The molecule has 16 nitrogen and oxygen atoms in total. The van der Waals surface area contributed by atoms with Gasteiger partial charge in [0, 0.05) is 6.54 Å². The molecule has 0 radical (unpaired) electrons. The number of rotatable bonds is 15. The van der Waals surface area contributed by atoms with E-state index in [9.17, 15) is 28.8 Å². The molecule has 0 saturated carbocycles. The minimum absolute atomic E-state index is 0.00912. The molecule has 3 atom stereocenters. The Morgan fingerprint density at radius 2 is 1.50 bits per heavy atom. The minimum atomic E-state index is -1.58. The van der Waals surface area contributed by atoms with Crippen LogP contribution in [0.4, 0.5) is 0 Å². The molecule has 0 rings (SSSR count). The number of carbonyl (C=O) groups is 6. The zero-order chi connectivity index (χ0) is 24.8. The summed E-state index contributed by atoms with van der Waals surface area (Å²) < 4.78 is 0. The topological polar surface area (TPSA) is 295 Å². The first-order valence-corrected chi connectivity index (χ1v) is 9.24. The number of aliphatic carboxylic acids is 2. The lowest BCUT2D eigenvalue weighted by Gasteiger charge is -2.20. The predicted molar refractivity (Wildman–Crippen MR) is 108 cm³/mol. The van der Waals surface area contributed by atoms with Crippen LogP contribution in [0.5, 0.6) is 0 Å². The van der Waals surface area contributed by atoms with Crippen molar-refractivity contribution in [2.45, 2.75) is 43.8 Å². The summed E-state index contributed by atoms with van der Waals surface area (Å²) in [7, 11) is 0. The Kier molecular flexibility index (Phi) is 12.4. The Hall–Kier alpha value is -3.95. The summed E-state index contributed by atoms with van der Waals surface area (Å²) in [5.41, 5.74) is 20.8. The molecule has 4 amide bonds. The van der Waals surface area contributed by atoms with Crippen molar-refractivity contribution >= 4 is 41.5 Å². The first-order valence-electron chi connectivity index (χ1n) is 9.24. The number of carboxylic acid groups (broad SMARTS) is 2. The molecule has 0 aliphatic rings. The van der Waals surface area contributed by atoms with E-state index in [2.05, 4.69) is 15.6 Å². The molecule has 0 saturated heterocycles. The molecule has 0 heterocycles. The van der Waals surface area contributed by atoms with Gasteiger partial charge in [0.05, 0.1) is 25.4 Å². The third kappa shape index (κ3) is 12.6. The summed E-state index contributed by atoms with van der Waals surface area (Å²) in [4.78, 5) is 72.7. The van der Waals surface area contributed by atoms with Crippen molar-refractivity contribution < 1.29 is 39.0 Å².